The topological polar surface area (TPSA) is 72.7 Å². The number of hydrogen-bond acceptors (Lipinski definition) is 6. The van der Waals surface area contributed by atoms with Crippen LogP contribution in [0.15, 0.2) is 82.4 Å². The molecule has 0 fully saturated rings. The molecule has 0 atom stereocenters. The fourth-order valence-electron chi connectivity index (χ4n) is 2.86. The van der Waals surface area contributed by atoms with Crippen LogP contribution in [0.4, 0.5) is 5.13 Å². The lowest BCUT2D eigenvalue weighted by atomic mass is 10.1. The Kier molecular flexibility index (Phi) is 6.96. The second-order valence-corrected chi connectivity index (χ2v) is 9.24. The number of allylic oxidation sites excluding steroid dienone is 1. The summed E-state index contributed by atoms with van der Waals surface area (Å²) >= 11 is 6.45. The van der Waals surface area contributed by atoms with Gasteiger partial charge >= 0.3 is 0 Å². The fraction of sp³-hybridized carbons (Fsp3) is 0.0909. The molecule has 0 saturated carbocycles. The van der Waals surface area contributed by atoms with E-state index in [1.54, 1.807) is 18.0 Å². The number of carbonyl (C=O) groups is 1. The Morgan fingerprint density at radius 3 is 2.61 bits per heavy atom. The van der Waals surface area contributed by atoms with E-state index in [4.69, 9.17) is 0 Å². The molecule has 156 valence electrons. The van der Waals surface area contributed by atoms with Gasteiger partial charge in [0.2, 0.25) is 0 Å². The summed E-state index contributed by atoms with van der Waals surface area (Å²) in [5.41, 5.74) is 2.69. The molecule has 0 aliphatic carbocycles. The smallest absolute Gasteiger partial charge is 0.257 e. The first-order valence-electron chi connectivity index (χ1n) is 9.36. The van der Waals surface area contributed by atoms with Crippen molar-refractivity contribution in [1.29, 1.82) is 0 Å². The number of carbonyl (C=O) groups excluding carboxylic acids is 1. The van der Waals surface area contributed by atoms with Gasteiger partial charge in [-0.2, -0.15) is 0 Å². The van der Waals surface area contributed by atoms with Crippen LogP contribution in [0.5, 0.6) is 0 Å². The van der Waals surface area contributed by atoms with E-state index < -0.39 is 0 Å². The highest BCUT2D eigenvalue weighted by Gasteiger charge is 2.14. The average Bonchev–Trinajstić information content (AvgIpc) is 3.44. The summed E-state index contributed by atoms with van der Waals surface area (Å²) in [6.45, 7) is 4.48. The van der Waals surface area contributed by atoms with Crippen LogP contribution in [0.2, 0.25) is 0 Å². The van der Waals surface area contributed by atoms with Gasteiger partial charge in [-0.3, -0.25) is 14.7 Å². The third-order valence-electron chi connectivity index (χ3n) is 4.37. The van der Waals surface area contributed by atoms with Crippen molar-refractivity contribution < 1.29 is 4.79 Å². The van der Waals surface area contributed by atoms with Gasteiger partial charge in [0.05, 0.1) is 0 Å². The molecule has 1 amide bonds. The summed E-state index contributed by atoms with van der Waals surface area (Å²) in [6, 6.07) is 15.5. The first-order valence-corrected chi connectivity index (χ1v) is 12.0. The van der Waals surface area contributed by atoms with E-state index in [2.05, 4.69) is 47.6 Å². The Hall–Kier alpha value is -2.75. The van der Waals surface area contributed by atoms with Gasteiger partial charge in [0, 0.05) is 39.5 Å². The lowest BCUT2D eigenvalue weighted by Gasteiger charge is -2.08. The van der Waals surface area contributed by atoms with Crippen molar-refractivity contribution in [3.63, 3.8) is 0 Å². The average molecular weight is 512 g/mol. The Balaban J connectivity index is 1.44. The molecule has 0 aliphatic rings. The van der Waals surface area contributed by atoms with Gasteiger partial charge < -0.3 is 0 Å². The van der Waals surface area contributed by atoms with Crippen LogP contribution in [0.25, 0.3) is 11.4 Å². The van der Waals surface area contributed by atoms with Crippen molar-refractivity contribution in [2.24, 2.45) is 0 Å². The number of anilines is 1. The summed E-state index contributed by atoms with van der Waals surface area (Å²) < 4.78 is 3.07. The predicted octanol–water partition coefficient (Wildman–Crippen LogP) is 5.89. The summed E-state index contributed by atoms with van der Waals surface area (Å²) in [7, 11) is 0. The number of thioether (sulfide) groups is 1. The number of benzene rings is 2. The maximum absolute atomic E-state index is 12.3. The summed E-state index contributed by atoms with van der Waals surface area (Å²) in [5, 5.41) is 14.8. The van der Waals surface area contributed by atoms with Crippen molar-refractivity contribution >= 4 is 50.1 Å². The number of rotatable bonds is 8. The summed E-state index contributed by atoms with van der Waals surface area (Å²) in [6.07, 6.45) is 3.50. The molecule has 0 radical (unpaired) electrons. The van der Waals surface area contributed by atoms with E-state index in [1.165, 1.54) is 11.3 Å². The van der Waals surface area contributed by atoms with E-state index in [-0.39, 0.29) is 5.91 Å². The van der Waals surface area contributed by atoms with E-state index >= 15 is 0 Å². The molecule has 0 aliphatic heterocycles. The molecule has 2 heterocycles. The molecule has 9 heteroatoms. The van der Waals surface area contributed by atoms with Crippen LogP contribution in [0.3, 0.4) is 0 Å². The minimum atomic E-state index is -0.168. The summed E-state index contributed by atoms with van der Waals surface area (Å²) in [5.74, 6) is 1.35. The maximum atomic E-state index is 12.3. The first-order chi connectivity index (χ1) is 15.1. The zero-order chi connectivity index (χ0) is 21.6. The Morgan fingerprint density at radius 2 is 1.94 bits per heavy atom. The van der Waals surface area contributed by atoms with Crippen LogP contribution >= 0.6 is 39.0 Å². The van der Waals surface area contributed by atoms with Crippen molar-refractivity contribution in [1.82, 2.24) is 19.7 Å². The van der Waals surface area contributed by atoms with Gasteiger partial charge in [-0.05, 0) is 29.8 Å². The molecule has 0 unspecified atom stereocenters. The second-order valence-electron chi connectivity index (χ2n) is 6.49. The normalized spacial score (nSPS) is 10.7. The van der Waals surface area contributed by atoms with Crippen LogP contribution in [-0.2, 0) is 12.3 Å². The minimum Gasteiger partial charge on any atom is -0.298 e. The van der Waals surface area contributed by atoms with E-state index in [0.29, 0.717) is 23.0 Å². The lowest BCUT2D eigenvalue weighted by Crippen LogP contribution is -2.11. The highest BCUT2D eigenvalue weighted by Crippen LogP contribution is 2.27. The Labute approximate surface area is 196 Å². The third kappa shape index (κ3) is 5.30. The molecule has 0 spiro atoms. The largest absolute Gasteiger partial charge is 0.298 e. The lowest BCUT2D eigenvalue weighted by molar-refractivity contribution is 0.102. The number of halogens is 1. The third-order valence-corrected chi connectivity index (χ3v) is 6.62. The predicted molar refractivity (Wildman–Crippen MR) is 129 cm³/mol. The molecule has 4 rings (SSSR count). The van der Waals surface area contributed by atoms with Gasteiger partial charge in [0.15, 0.2) is 16.1 Å². The first kappa shape index (κ1) is 21.5. The van der Waals surface area contributed by atoms with Gasteiger partial charge in [-0.25, -0.2) is 4.98 Å². The van der Waals surface area contributed by atoms with Gasteiger partial charge in [-0.15, -0.1) is 28.1 Å². The molecular weight excluding hydrogens is 494 g/mol. The highest BCUT2D eigenvalue weighted by atomic mass is 79.9. The van der Waals surface area contributed by atoms with Crippen molar-refractivity contribution in [2.45, 2.75) is 17.5 Å². The number of nitrogens with zero attached hydrogens (tertiary/aromatic N) is 4. The summed E-state index contributed by atoms with van der Waals surface area (Å²) in [4.78, 5) is 16.4. The van der Waals surface area contributed by atoms with Crippen molar-refractivity contribution in [3.8, 4) is 11.4 Å². The molecule has 31 heavy (non-hydrogen) atoms. The second kappa shape index (κ2) is 10.0. The molecule has 2 aromatic heterocycles. The quantitative estimate of drug-likeness (QED) is 0.235. The Morgan fingerprint density at radius 1 is 1.16 bits per heavy atom. The van der Waals surface area contributed by atoms with Crippen LogP contribution in [0, 0.1) is 0 Å². The van der Waals surface area contributed by atoms with Crippen LogP contribution in [0.1, 0.15) is 15.9 Å². The Bertz CT molecular complexity index is 1170. The molecule has 6 nitrogen and oxygen atoms in total. The SMILES string of the molecule is C=CCn1c(SCc2ccc(C(=O)Nc3nccs3)cc2)nnc1-c1ccc(Br)cc1. The maximum Gasteiger partial charge on any atom is 0.257 e. The van der Waals surface area contributed by atoms with E-state index in [1.807, 2.05) is 60.0 Å². The van der Waals surface area contributed by atoms with Gasteiger partial charge in [0.1, 0.15) is 0 Å². The van der Waals surface area contributed by atoms with Gasteiger partial charge in [-0.1, -0.05) is 58.0 Å². The molecule has 1 N–H and O–H groups in total. The molecule has 4 aromatic rings. The number of amides is 1. The number of thiazole rings is 1. The fourth-order valence-corrected chi connectivity index (χ4v) is 4.55. The molecule has 0 bridgehead atoms. The standard InChI is InChI=1S/C22H18BrN5OS2/c1-2-12-28-19(16-7-9-18(23)10-8-16)26-27-22(28)31-14-15-3-5-17(6-4-15)20(29)25-21-24-11-13-30-21/h2-11,13H,1,12,14H2,(H,24,25,29). The van der Waals surface area contributed by atoms with Crippen LogP contribution in [-0.4, -0.2) is 25.7 Å². The van der Waals surface area contributed by atoms with Crippen molar-refractivity contribution in [2.75, 3.05) is 5.32 Å². The highest BCUT2D eigenvalue weighted by molar-refractivity contribution is 9.10. The number of nitrogens with one attached hydrogen (secondary N) is 1. The zero-order valence-corrected chi connectivity index (χ0v) is 19.6. The van der Waals surface area contributed by atoms with Crippen molar-refractivity contribution in [3.05, 3.63) is 88.4 Å². The molecule has 2 aromatic carbocycles. The molecular formula is C22H18BrN5OS2. The van der Waals surface area contributed by atoms with E-state index in [9.17, 15) is 4.79 Å². The zero-order valence-electron chi connectivity index (χ0n) is 16.4. The van der Waals surface area contributed by atoms with Gasteiger partial charge in [0.25, 0.3) is 5.91 Å². The number of aromatic nitrogens is 4. The minimum absolute atomic E-state index is 0.168. The van der Waals surface area contributed by atoms with E-state index in [0.717, 1.165) is 26.6 Å². The molecule has 0 saturated heterocycles. The monoisotopic (exact) mass is 511 g/mol. The number of hydrogen-bond donors (Lipinski definition) is 1. The van der Waals surface area contributed by atoms with Crippen LogP contribution < -0.4 is 5.32 Å².